The molecule has 8 heteroatoms. The van der Waals surface area contributed by atoms with Crippen LogP contribution in [0, 0.1) is 0 Å². The summed E-state index contributed by atoms with van der Waals surface area (Å²) in [4.78, 5) is 32.7. The third-order valence-electron chi connectivity index (χ3n) is 4.82. The Morgan fingerprint density at radius 2 is 1.92 bits per heavy atom. The molecule has 7 nitrogen and oxygen atoms in total. The molecule has 0 radical (unpaired) electrons. The summed E-state index contributed by atoms with van der Waals surface area (Å²) in [6.07, 6.45) is 3.90. The van der Waals surface area contributed by atoms with E-state index in [1.165, 1.54) is 24.2 Å². The maximum absolute atomic E-state index is 12.3. The van der Waals surface area contributed by atoms with Gasteiger partial charge in [-0.2, -0.15) is 0 Å². The number of hydrogen-bond acceptors (Lipinski definition) is 5. The highest BCUT2D eigenvalue weighted by atomic mass is 32.1. The van der Waals surface area contributed by atoms with E-state index in [2.05, 4.69) is 10.3 Å². The molecule has 3 aliphatic rings. The first-order valence-electron chi connectivity index (χ1n) is 8.62. The zero-order valence-corrected chi connectivity index (χ0v) is 14.4. The molecule has 3 amide bonds. The normalized spacial score (nSPS) is 24.2. The van der Waals surface area contributed by atoms with Gasteiger partial charge in [-0.1, -0.05) is 0 Å². The van der Waals surface area contributed by atoms with Crippen LogP contribution >= 0.6 is 11.3 Å². The molecule has 0 spiro atoms. The fourth-order valence-electron chi connectivity index (χ4n) is 3.19. The second kappa shape index (κ2) is 6.68. The van der Waals surface area contributed by atoms with Crippen LogP contribution in [0.1, 0.15) is 37.3 Å². The van der Waals surface area contributed by atoms with Crippen LogP contribution in [0.25, 0.3) is 0 Å². The molecule has 1 atom stereocenters. The fraction of sp³-hybridized carbons (Fsp3) is 0.688. The molecule has 1 aromatic rings. The van der Waals surface area contributed by atoms with Gasteiger partial charge in [-0.15, -0.1) is 11.3 Å². The molecule has 4 rings (SSSR count). The molecule has 1 saturated carbocycles. The van der Waals surface area contributed by atoms with Crippen molar-refractivity contribution in [3.05, 3.63) is 11.1 Å². The molecule has 24 heavy (non-hydrogen) atoms. The van der Waals surface area contributed by atoms with Crippen LogP contribution in [0.2, 0.25) is 0 Å². The molecule has 1 N–H and O–H groups in total. The van der Waals surface area contributed by atoms with Gasteiger partial charge in [0.15, 0.2) is 5.13 Å². The average Bonchev–Trinajstić information content (AvgIpc) is 3.11. The summed E-state index contributed by atoms with van der Waals surface area (Å²) in [5.41, 5.74) is 1.10. The molecule has 2 saturated heterocycles. The number of urea groups is 1. The molecule has 3 fully saturated rings. The lowest BCUT2D eigenvalue weighted by Crippen LogP contribution is -2.53. The van der Waals surface area contributed by atoms with Gasteiger partial charge in [-0.25, -0.2) is 9.78 Å². The monoisotopic (exact) mass is 350 g/mol. The highest BCUT2D eigenvalue weighted by Crippen LogP contribution is 2.40. The van der Waals surface area contributed by atoms with Crippen molar-refractivity contribution < 1.29 is 14.3 Å². The Bertz CT molecular complexity index is 617. The molecular formula is C16H22N4O3S. The number of thiazole rings is 1. The lowest BCUT2D eigenvalue weighted by Gasteiger charge is -2.35. The summed E-state index contributed by atoms with van der Waals surface area (Å²) in [5, 5.41) is 5.58. The molecule has 3 heterocycles. The van der Waals surface area contributed by atoms with Gasteiger partial charge in [0.25, 0.3) is 5.91 Å². The van der Waals surface area contributed by atoms with Crippen LogP contribution in [0.4, 0.5) is 9.93 Å². The number of hydrogen-bond donors (Lipinski definition) is 1. The van der Waals surface area contributed by atoms with Crippen molar-refractivity contribution in [2.45, 2.75) is 37.7 Å². The molecule has 0 aromatic carbocycles. The minimum Gasteiger partial charge on any atom is -0.368 e. The Hall–Kier alpha value is -1.67. The van der Waals surface area contributed by atoms with E-state index in [1.54, 1.807) is 4.90 Å². The van der Waals surface area contributed by atoms with Gasteiger partial charge in [-0.3, -0.25) is 10.1 Å². The van der Waals surface area contributed by atoms with Crippen LogP contribution in [-0.4, -0.2) is 65.6 Å². The number of rotatable bonds is 3. The zero-order chi connectivity index (χ0) is 16.5. The number of piperazine rings is 1. The van der Waals surface area contributed by atoms with Gasteiger partial charge < -0.3 is 14.5 Å². The number of amides is 3. The molecule has 130 valence electrons. The third kappa shape index (κ3) is 3.39. The molecule has 1 aromatic heterocycles. The van der Waals surface area contributed by atoms with E-state index >= 15 is 0 Å². The standard InChI is InChI=1S/C16H22N4O3S/c21-14(13-2-1-9-23-13)19-5-7-20(8-6-19)16(22)18-15-17-12(10-24-15)11-3-4-11/h10-11,13H,1-9H2,(H,17,18,22). The smallest absolute Gasteiger partial charge is 0.323 e. The lowest BCUT2D eigenvalue weighted by atomic mass is 10.2. The molecule has 0 bridgehead atoms. The second-order valence-corrected chi connectivity index (χ2v) is 7.45. The first-order valence-corrected chi connectivity index (χ1v) is 9.50. The van der Waals surface area contributed by atoms with E-state index < -0.39 is 0 Å². The van der Waals surface area contributed by atoms with E-state index in [-0.39, 0.29) is 18.0 Å². The van der Waals surface area contributed by atoms with E-state index in [4.69, 9.17) is 4.74 Å². The Morgan fingerprint density at radius 3 is 2.58 bits per heavy atom. The lowest BCUT2D eigenvalue weighted by molar-refractivity contribution is -0.142. The van der Waals surface area contributed by atoms with Crippen LogP contribution in [0.5, 0.6) is 0 Å². The fourth-order valence-corrected chi connectivity index (χ4v) is 3.97. The first-order chi connectivity index (χ1) is 11.7. The van der Waals surface area contributed by atoms with Gasteiger partial charge in [-0.05, 0) is 25.7 Å². The van der Waals surface area contributed by atoms with Gasteiger partial charge in [0.05, 0.1) is 5.69 Å². The minimum absolute atomic E-state index is 0.0709. The first kappa shape index (κ1) is 15.8. The Morgan fingerprint density at radius 1 is 1.17 bits per heavy atom. The highest BCUT2D eigenvalue weighted by molar-refractivity contribution is 7.13. The molecule has 1 unspecified atom stereocenters. The van der Waals surface area contributed by atoms with Crippen molar-refractivity contribution in [2.24, 2.45) is 0 Å². The van der Waals surface area contributed by atoms with Crippen molar-refractivity contribution >= 4 is 28.4 Å². The van der Waals surface area contributed by atoms with Crippen molar-refractivity contribution in [3.63, 3.8) is 0 Å². The Balaban J connectivity index is 1.26. The summed E-state index contributed by atoms with van der Waals surface area (Å²) in [5.74, 6) is 0.667. The Kier molecular flexibility index (Phi) is 4.41. The number of aromatic nitrogens is 1. The predicted molar refractivity (Wildman–Crippen MR) is 90.2 cm³/mol. The maximum Gasteiger partial charge on any atom is 0.323 e. The van der Waals surface area contributed by atoms with Gasteiger partial charge in [0.2, 0.25) is 0 Å². The SMILES string of the molecule is O=C(Nc1nc(C2CC2)cs1)N1CCN(C(=O)C2CCCO2)CC1. The van der Waals surface area contributed by atoms with E-state index in [0.717, 1.165) is 18.5 Å². The van der Waals surface area contributed by atoms with E-state index in [0.29, 0.717) is 43.8 Å². The summed E-state index contributed by atoms with van der Waals surface area (Å²) in [6, 6.07) is -0.129. The zero-order valence-electron chi connectivity index (χ0n) is 13.6. The topological polar surface area (TPSA) is 74.8 Å². The summed E-state index contributed by atoms with van der Waals surface area (Å²) >= 11 is 1.48. The third-order valence-corrected chi connectivity index (χ3v) is 5.59. The summed E-state index contributed by atoms with van der Waals surface area (Å²) in [7, 11) is 0. The molecule has 1 aliphatic carbocycles. The van der Waals surface area contributed by atoms with E-state index in [1.807, 2.05) is 10.3 Å². The van der Waals surface area contributed by atoms with Crippen molar-refractivity contribution in [1.29, 1.82) is 0 Å². The average molecular weight is 350 g/mol. The van der Waals surface area contributed by atoms with Crippen LogP contribution in [-0.2, 0) is 9.53 Å². The maximum atomic E-state index is 12.3. The number of nitrogens with one attached hydrogen (secondary N) is 1. The Labute approximate surface area is 145 Å². The number of ether oxygens (including phenoxy) is 1. The molecule has 2 aliphatic heterocycles. The van der Waals surface area contributed by atoms with Crippen LogP contribution in [0.3, 0.4) is 0 Å². The van der Waals surface area contributed by atoms with Crippen LogP contribution < -0.4 is 5.32 Å². The van der Waals surface area contributed by atoms with E-state index in [9.17, 15) is 9.59 Å². The van der Waals surface area contributed by atoms with Crippen LogP contribution in [0.15, 0.2) is 5.38 Å². The van der Waals surface area contributed by atoms with Gasteiger partial charge >= 0.3 is 6.03 Å². The minimum atomic E-state index is -0.276. The number of carbonyl (C=O) groups is 2. The van der Waals surface area contributed by atoms with Gasteiger partial charge in [0.1, 0.15) is 6.10 Å². The predicted octanol–water partition coefficient (Wildman–Crippen LogP) is 1.88. The quantitative estimate of drug-likeness (QED) is 0.903. The van der Waals surface area contributed by atoms with Crippen molar-refractivity contribution in [2.75, 3.05) is 38.1 Å². The van der Waals surface area contributed by atoms with Crippen molar-refractivity contribution in [3.8, 4) is 0 Å². The largest absolute Gasteiger partial charge is 0.368 e. The second-order valence-electron chi connectivity index (χ2n) is 6.60. The molecular weight excluding hydrogens is 328 g/mol. The number of nitrogens with zero attached hydrogens (tertiary/aromatic N) is 3. The number of anilines is 1. The van der Waals surface area contributed by atoms with Gasteiger partial charge in [0, 0.05) is 44.1 Å². The number of carbonyl (C=O) groups excluding carboxylic acids is 2. The summed E-state index contributed by atoms with van der Waals surface area (Å²) in [6.45, 7) is 2.90. The summed E-state index contributed by atoms with van der Waals surface area (Å²) < 4.78 is 5.46. The highest BCUT2D eigenvalue weighted by Gasteiger charge is 2.31. The van der Waals surface area contributed by atoms with Crippen molar-refractivity contribution in [1.82, 2.24) is 14.8 Å².